The lowest BCUT2D eigenvalue weighted by atomic mass is 10.2. The number of nitrogen functional groups attached to an aromatic ring is 1. The van der Waals surface area contributed by atoms with Gasteiger partial charge in [0.2, 0.25) is 5.95 Å². The lowest BCUT2D eigenvalue weighted by molar-refractivity contribution is 0.395. The Labute approximate surface area is 104 Å². The van der Waals surface area contributed by atoms with Crippen LogP contribution < -0.4 is 5.73 Å². The number of likely N-dealkylation sites (tertiary alicyclic amines) is 1. The third-order valence-electron chi connectivity index (χ3n) is 3.26. The van der Waals surface area contributed by atoms with Gasteiger partial charge in [0.15, 0.2) is 5.65 Å². The van der Waals surface area contributed by atoms with Gasteiger partial charge >= 0.3 is 0 Å². The monoisotopic (exact) mass is 251 g/mol. The molecule has 0 aromatic carbocycles. The Balaban J connectivity index is 2.12. The molecule has 2 aromatic heterocycles. The molecule has 1 atom stereocenters. The van der Waals surface area contributed by atoms with Gasteiger partial charge in [-0.15, -0.1) is 0 Å². The summed E-state index contributed by atoms with van der Waals surface area (Å²) in [4.78, 5) is 10.9. The maximum absolute atomic E-state index is 5.98. The van der Waals surface area contributed by atoms with E-state index in [1.165, 1.54) is 0 Å². The molecule has 0 spiro atoms. The molecule has 1 aliphatic heterocycles. The summed E-state index contributed by atoms with van der Waals surface area (Å²) in [5, 5.41) is 0.589. The highest BCUT2D eigenvalue weighted by Crippen LogP contribution is 2.28. The van der Waals surface area contributed by atoms with Gasteiger partial charge in [-0.3, -0.25) is 4.57 Å². The van der Waals surface area contributed by atoms with E-state index in [4.69, 9.17) is 17.3 Å². The molecular weight excluding hydrogens is 238 g/mol. The van der Waals surface area contributed by atoms with Crippen molar-refractivity contribution in [3.63, 3.8) is 0 Å². The van der Waals surface area contributed by atoms with E-state index in [2.05, 4.69) is 21.9 Å². The van der Waals surface area contributed by atoms with Crippen LogP contribution in [0.1, 0.15) is 12.5 Å². The number of pyridine rings is 1. The molecule has 6 heteroatoms. The molecule has 0 aliphatic carbocycles. The Morgan fingerprint density at radius 1 is 1.53 bits per heavy atom. The van der Waals surface area contributed by atoms with E-state index in [9.17, 15) is 0 Å². The Morgan fingerprint density at radius 3 is 3.06 bits per heavy atom. The van der Waals surface area contributed by atoms with Gasteiger partial charge < -0.3 is 10.6 Å². The van der Waals surface area contributed by atoms with E-state index in [1.54, 1.807) is 12.3 Å². The minimum Gasteiger partial charge on any atom is -0.369 e. The fourth-order valence-electron chi connectivity index (χ4n) is 2.46. The van der Waals surface area contributed by atoms with Gasteiger partial charge in [-0.25, -0.2) is 9.97 Å². The molecule has 2 N–H and O–H groups in total. The van der Waals surface area contributed by atoms with Crippen LogP contribution in [0.25, 0.3) is 11.2 Å². The van der Waals surface area contributed by atoms with E-state index < -0.39 is 0 Å². The van der Waals surface area contributed by atoms with E-state index in [0.29, 0.717) is 17.0 Å². The Bertz CT molecular complexity index is 564. The van der Waals surface area contributed by atoms with Crippen LogP contribution in [-0.4, -0.2) is 39.6 Å². The minimum atomic E-state index is 0.360. The van der Waals surface area contributed by atoms with Gasteiger partial charge in [-0.1, -0.05) is 11.6 Å². The highest BCUT2D eigenvalue weighted by Gasteiger charge is 2.25. The first-order valence-corrected chi connectivity index (χ1v) is 6.00. The zero-order valence-corrected chi connectivity index (χ0v) is 10.4. The maximum Gasteiger partial charge on any atom is 0.202 e. The Morgan fingerprint density at radius 2 is 2.35 bits per heavy atom. The molecule has 1 unspecified atom stereocenters. The predicted octanol–water partition coefficient (Wildman–Crippen LogP) is 1.54. The molecule has 3 heterocycles. The maximum atomic E-state index is 5.98. The van der Waals surface area contributed by atoms with Gasteiger partial charge in [-0.05, 0) is 26.1 Å². The summed E-state index contributed by atoms with van der Waals surface area (Å²) in [5.41, 5.74) is 7.57. The summed E-state index contributed by atoms with van der Waals surface area (Å²) in [5.74, 6) is 0.523. The van der Waals surface area contributed by atoms with Crippen molar-refractivity contribution >= 4 is 28.7 Å². The number of rotatable bonds is 1. The molecule has 0 amide bonds. The van der Waals surface area contributed by atoms with Gasteiger partial charge in [0, 0.05) is 12.7 Å². The van der Waals surface area contributed by atoms with Crippen molar-refractivity contribution in [3.8, 4) is 0 Å². The summed E-state index contributed by atoms with van der Waals surface area (Å²) >= 11 is 5.90. The number of likely N-dealkylation sites (N-methyl/N-ethyl adjacent to an activating group) is 1. The number of nitrogens with zero attached hydrogens (tertiary/aromatic N) is 4. The molecule has 3 rings (SSSR count). The molecule has 0 saturated carbocycles. The first-order chi connectivity index (χ1) is 8.15. The largest absolute Gasteiger partial charge is 0.369 e. The molecule has 1 fully saturated rings. The smallest absolute Gasteiger partial charge is 0.202 e. The van der Waals surface area contributed by atoms with Crippen LogP contribution in [0, 0.1) is 0 Å². The Hall–Kier alpha value is -1.33. The quantitative estimate of drug-likeness (QED) is 0.835. The zero-order valence-electron chi connectivity index (χ0n) is 9.60. The third kappa shape index (κ3) is 1.75. The van der Waals surface area contributed by atoms with Gasteiger partial charge in [0.25, 0.3) is 0 Å². The second kappa shape index (κ2) is 3.85. The highest BCUT2D eigenvalue weighted by atomic mass is 35.5. The number of anilines is 1. The summed E-state index contributed by atoms with van der Waals surface area (Å²) in [6, 6.07) is 2.16. The predicted molar refractivity (Wildman–Crippen MR) is 68.1 cm³/mol. The van der Waals surface area contributed by atoms with Crippen molar-refractivity contribution in [1.29, 1.82) is 0 Å². The lowest BCUT2D eigenvalue weighted by Gasteiger charge is -2.14. The van der Waals surface area contributed by atoms with Crippen LogP contribution in [-0.2, 0) is 0 Å². The minimum absolute atomic E-state index is 0.360. The molecular formula is C11H14ClN5. The number of imidazole rings is 1. The van der Waals surface area contributed by atoms with Crippen LogP contribution in [0.15, 0.2) is 12.3 Å². The first-order valence-electron chi connectivity index (χ1n) is 5.62. The van der Waals surface area contributed by atoms with Crippen LogP contribution in [0.2, 0.25) is 5.02 Å². The normalized spacial score (nSPS) is 21.4. The highest BCUT2D eigenvalue weighted by molar-refractivity contribution is 6.31. The molecule has 1 saturated heterocycles. The van der Waals surface area contributed by atoms with E-state index in [0.717, 1.165) is 30.7 Å². The fraction of sp³-hybridized carbons (Fsp3) is 0.455. The van der Waals surface area contributed by atoms with Crippen LogP contribution >= 0.6 is 11.6 Å². The van der Waals surface area contributed by atoms with Crippen molar-refractivity contribution in [2.24, 2.45) is 0 Å². The number of aromatic nitrogens is 3. The number of halogens is 1. The van der Waals surface area contributed by atoms with Crippen molar-refractivity contribution < 1.29 is 0 Å². The SMILES string of the molecule is CN1CCC(n2c(N)nc3cc(Cl)cnc32)C1. The van der Waals surface area contributed by atoms with E-state index in [1.807, 2.05) is 4.57 Å². The second-order valence-corrected chi connectivity index (χ2v) is 4.98. The van der Waals surface area contributed by atoms with E-state index >= 15 is 0 Å². The number of hydrogen-bond donors (Lipinski definition) is 1. The standard InChI is InChI=1S/C11H14ClN5/c1-16-3-2-8(6-16)17-10-9(15-11(17)13)4-7(12)5-14-10/h4-5,8H,2-3,6H2,1H3,(H2,13,15). The average Bonchev–Trinajstić information content (AvgIpc) is 2.80. The van der Waals surface area contributed by atoms with Gasteiger partial charge in [-0.2, -0.15) is 0 Å². The molecule has 5 nitrogen and oxygen atoms in total. The van der Waals surface area contributed by atoms with Gasteiger partial charge in [0.1, 0.15) is 5.52 Å². The summed E-state index contributed by atoms with van der Waals surface area (Å²) in [6.07, 6.45) is 2.72. The molecule has 90 valence electrons. The number of hydrogen-bond acceptors (Lipinski definition) is 4. The first kappa shape index (κ1) is 10.8. The van der Waals surface area contributed by atoms with Gasteiger partial charge in [0.05, 0.1) is 11.1 Å². The molecule has 0 radical (unpaired) electrons. The van der Waals surface area contributed by atoms with Crippen LogP contribution in [0.4, 0.5) is 5.95 Å². The van der Waals surface area contributed by atoms with Crippen molar-refractivity contribution in [2.45, 2.75) is 12.5 Å². The van der Waals surface area contributed by atoms with Crippen molar-refractivity contribution in [2.75, 3.05) is 25.9 Å². The molecule has 2 aromatic rings. The van der Waals surface area contributed by atoms with Crippen molar-refractivity contribution in [3.05, 3.63) is 17.3 Å². The molecule has 1 aliphatic rings. The summed E-state index contributed by atoms with van der Waals surface area (Å²) in [7, 11) is 2.11. The molecule has 0 bridgehead atoms. The van der Waals surface area contributed by atoms with Crippen LogP contribution in [0.5, 0.6) is 0 Å². The molecule has 17 heavy (non-hydrogen) atoms. The zero-order chi connectivity index (χ0) is 12.0. The third-order valence-corrected chi connectivity index (χ3v) is 3.46. The van der Waals surface area contributed by atoms with E-state index in [-0.39, 0.29) is 0 Å². The second-order valence-electron chi connectivity index (χ2n) is 4.54. The Kier molecular flexibility index (Phi) is 2.45. The summed E-state index contributed by atoms with van der Waals surface area (Å²) < 4.78 is 2.02. The number of nitrogens with two attached hydrogens (primary N) is 1. The topological polar surface area (TPSA) is 60.0 Å². The number of fused-ring (bicyclic) bond motifs is 1. The fourth-order valence-corrected chi connectivity index (χ4v) is 2.61. The summed E-state index contributed by atoms with van der Waals surface area (Å²) in [6.45, 7) is 2.07. The van der Waals surface area contributed by atoms with Crippen molar-refractivity contribution in [1.82, 2.24) is 19.4 Å². The lowest BCUT2D eigenvalue weighted by Crippen LogP contribution is -2.17. The average molecular weight is 252 g/mol. The van der Waals surface area contributed by atoms with Crippen LogP contribution in [0.3, 0.4) is 0 Å².